The van der Waals surface area contributed by atoms with Gasteiger partial charge in [-0.25, -0.2) is 0 Å². The van der Waals surface area contributed by atoms with Gasteiger partial charge in [0.25, 0.3) is 5.91 Å². The number of carbonyl (C=O) groups is 1. The number of para-hydroxylation sites is 1. The van der Waals surface area contributed by atoms with Crippen LogP contribution in [0.25, 0.3) is 10.8 Å². The molecular weight excluding hydrogens is 330 g/mol. The predicted octanol–water partition coefficient (Wildman–Crippen LogP) is 3.67. The molecule has 122 valence electrons. The van der Waals surface area contributed by atoms with E-state index in [4.69, 9.17) is 0 Å². The summed E-state index contributed by atoms with van der Waals surface area (Å²) in [6.45, 7) is 0. The summed E-state index contributed by atoms with van der Waals surface area (Å²) in [7, 11) is 1.81. The highest BCUT2D eigenvalue weighted by Crippen LogP contribution is 2.50. The topological polar surface area (TPSA) is 44.7 Å². The number of rotatable bonds is 1. The van der Waals surface area contributed by atoms with Gasteiger partial charge in [-0.05, 0) is 16.8 Å². The first-order valence-electron chi connectivity index (χ1n) is 8.10. The normalized spacial score (nSPS) is 21.6. The first-order valence-corrected chi connectivity index (χ1v) is 8.92. The van der Waals surface area contributed by atoms with E-state index in [-0.39, 0.29) is 5.91 Å². The molecule has 0 radical (unpaired) electrons. The number of likely N-dealkylation sites (N-methyl/N-ethyl adjacent to an activating group) is 1. The highest BCUT2D eigenvalue weighted by Gasteiger charge is 2.54. The van der Waals surface area contributed by atoms with Crippen LogP contribution in [0.4, 0.5) is 5.69 Å². The number of hydrogen-bond donors (Lipinski definition) is 1. The van der Waals surface area contributed by atoms with Crippen LogP contribution in [0.15, 0.2) is 71.8 Å². The van der Waals surface area contributed by atoms with Gasteiger partial charge in [0.05, 0.1) is 5.69 Å². The zero-order valence-corrected chi connectivity index (χ0v) is 14.4. The van der Waals surface area contributed by atoms with Crippen molar-refractivity contribution in [2.24, 2.45) is 5.10 Å². The second-order valence-electron chi connectivity index (χ2n) is 6.22. The second-order valence-corrected chi connectivity index (χ2v) is 7.42. The van der Waals surface area contributed by atoms with Gasteiger partial charge >= 0.3 is 0 Å². The van der Waals surface area contributed by atoms with E-state index in [1.807, 2.05) is 49.5 Å². The summed E-state index contributed by atoms with van der Waals surface area (Å²) in [6.07, 6.45) is 0. The van der Waals surface area contributed by atoms with Crippen LogP contribution in [0.3, 0.4) is 0 Å². The van der Waals surface area contributed by atoms with Gasteiger partial charge in [0.1, 0.15) is 5.04 Å². The Morgan fingerprint density at radius 3 is 2.68 bits per heavy atom. The maximum absolute atomic E-state index is 13.0. The predicted molar refractivity (Wildman–Crippen MR) is 103 cm³/mol. The molecule has 5 rings (SSSR count). The number of thioether (sulfide) groups is 1. The maximum atomic E-state index is 13.0. The Balaban J connectivity index is 1.62. The molecule has 0 saturated heterocycles. The molecule has 3 aromatic rings. The molecule has 1 spiro atoms. The molecule has 1 N–H and O–H groups in total. The number of amides is 1. The van der Waals surface area contributed by atoms with Crippen LogP contribution in [0, 0.1) is 0 Å². The minimum Gasteiger partial charge on any atom is -0.312 e. The minimum absolute atomic E-state index is 0.0117. The van der Waals surface area contributed by atoms with E-state index in [9.17, 15) is 4.79 Å². The number of hydrogen-bond acceptors (Lipinski definition) is 4. The summed E-state index contributed by atoms with van der Waals surface area (Å²) >= 11 is 1.49. The van der Waals surface area contributed by atoms with Crippen molar-refractivity contribution >= 4 is 39.2 Å². The van der Waals surface area contributed by atoms with Crippen LogP contribution < -0.4 is 10.3 Å². The first-order chi connectivity index (χ1) is 12.2. The van der Waals surface area contributed by atoms with Crippen molar-refractivity contribution in [2.45, 2.75) is 4.87 Å². The molecule has 2 heterocycles. The van der Waals surface area contributed by atoms with E-state index in [1.54, 1.807) is 4.90 Å². The zero-order chi connectivity index (χ0) is 17.0. The fraction of sp³-hybridized carbons (Fsp3) is 0.100. The zero-order valence-electron chi connectivity index (χ0n) is 13.6. The molecule has 2 aliphatic rings. The quantitative estimate of drug-likeness (QED) is 0.732. The minimum atomic E-state index is -0.863. The molecule has 1 atom stereocenters. The van der Waals surface area contributed by atoms with Gasteiger partial charge in [-0.3, -0.25) is 10.2 Å². The molecule has 2 aliphatic heterocycles. The van der Waals surface area contributed by atoms with Crippen molar-refractivity contribution in [3.05, 3.63) is 77.9 Å². The Bertz CT molecular complexity index is 1060. The molecule has 0 unspecified atom stereocenters. The van der Waals surface area contributed by atoms with E-state index in [2.05, 4.69) is 34.8 Å². The van der Waals surface area contributed by atoms with E-state index in [0.29, 0.717) is 0 Å². The number of carbonyl (C=O) groups excluding carboxylic acids is 1. The van der Waals surface area contributed by atoms with Crippen molar-refractivity contribution in [2.75, 3.05) is 11.9 Å². The number of benzene rings is 3. The molecule has 0 aliphatic carbocycles. The van der Waals surface area contributed by atoms with Crippen molar-refractivity contribution in [1.29, 1.82) is 0 Å². The lowest BCUT2D eigenvalue weighted by Gasteiger charge is -2.21. The monoisotopic (exact) mass is 345 g/mol. The second kappa shape index (κ2) is 5.10. The SMILES string of the molecule is CN1C(=O)[C@@]2(NN=C(c3cccc4ccccc34)S2)c2ccccc21. The van der Waals surface area contributed by atoms with Crippen molar-refractivity contribution in [3.63, 3.8) is 0 Å². The van der Waals surface area contributed by atoms with E-state index in [1.165, 1.54) is 17.1 Å². The lowest BCUT2D eigenvalue weighted by atomic mass is 10.1. The molecule has 3 aromatic carbocycles. The van der Waals surface area contributed by atoms with E-state index in [0.717, 1.165) is 27.2 Å². The summed E-state index contributed by atoms with van der Waals surface area (Å²) < 4.78 is 0. The average Bonchev–Trinajstić information content (AvgIpc) is 3.20. The van der Waals surface area contributed by atoms with Gasteiger partial charge in [0, 0.05) is 18.2 Å². The average molecular weight is 345 g/mol. The van der Waals surface area contributed by atoms with Crippen molar-refractivity contribution in [1.82, 2.24) is 5.43 Å². The van der Waals surface area contributed by atoms with Crippen LogP contribution in [0.1, 0.15) is 11.1 Å². The number of fused-ring (bicyclic) bond motifs is 3. The Kier molecular flexibility index (Phi) is 2.97. The number of anilines is 1. The largest absolute Gasteiger partial charge is 0.312 e. The van der Waals surface area contributed by atoms with Crippen LogP contribution >= 0.6 is 11.8 Å². The molecule has 4 nitrogen and oxygen atoms in total. The maximum Gasteiger partial charge on any atom is 0.269 e. The molecule has 1 amide bonds. The third-order valence-corrected chi connectivity index (χ3v) is 6.13. The Hall–Kier alpha value is -2.79. The summed E-state index contributed by atoms with van der Waals surface area (Å²) in [6, 6.07) is 22.3. The number of nitrogens with zero attached hydrogens (tertiary/aromatic N) is 2. The number of nitrogens with one attached hydrogen (secondary N) is 1. The lowest BCUT2D eigenvalue weighted by molar-refractivity contribution is -0.120. The molecule has 0 saturated carbocycles. The van der Waals surface area contributed by atoms with Gasteiger partial charge in [-0.15, -0.1) is 0 Å². The summed E-state index contributed by atoms with van der Waals surface area (Å²) in [4.78, 5) is 13.8. The highest BCUT2D eigenvalue weighted by molar-refractivity contribution is 8.16. The highest BCUT2D eigenvalue weighted by atomic mass is 32.2. The Morgan fingerprint density at radius 2 is 1.76 bits per heavy atom. The van der Waals surface area contributed by atoms with Gasteiger partial charge in [0.2, 0.25) is 4.87 Å². The molecule has 25 heavy (non-hydrogen) atoms. The molecule has 5 heteroatoms. The molecule has 0 bridgehead atoms. The van der Waals surface area contributed by atoms with E-state index < -0.39 is 4.87 Å². The standard InChI is InChI=1S/C20H15N3OS/c1-23-17-12-5-4-11-16(17)20(19(23)24)22-21-18(25-20)15-10-6-8-13-7-2-3-9-14(13)15/h2-12,22H,1H3/t20-/m1/s1. The first kappa shape index (κ1) is 14.5. The van der Waals surface area contributed by atoms with Gasteiger partial charge < -0.3 is 4.90 Å². The van der Waals surface area contributed by atoms with Crippen molar-refractivity contribution < 1.29 is 4.79 Å². The third kappa shape index (κ3) is 1.90. The van der Waals surface area contributed by atoms with Gasteiger partial charge in [-0.1, -0.05) is 72.4 Å². The number of hydrazone groups is 1. The van der Waals surface area contributed by atoms with Crippen LogP contribution in [0.2, 0.25) is 0 Å². The smallest absolute Gasteiger partial charge is 0.269 e. The van der Waals surface area contributed by atoms with Gasteiger partial charge in [-0.2, -0.15) is 5.10 Å². The molecule has 0 fully saturated rings. The van der Waals surface area contributed by atoms with Crippen LogP contribution in [0.5, 0.6) is 0 Å². The van der Waals surface area contributed by atoms with Crippen LogP contribution in [-0.4, -0.2) is 18.0 Å². The third-order valence-electron chi connectivity index (χ3n) is 4.84. The van der Waals surface area contributed by atoms with Crippen LogP contribution in [-0.2, 0) is 9.67 Å². The fourth-order valence-corrected chi connectivity index (χ4v) is 4.85. The lowest BCUT2D eigenvalue weighted by Crippen LogP contribution is -2.43. The molecular formula is C20H15N3OS. The Labute approximate surface area is 149 Å². The molecule has 0 aromatic heterocycles. The van der Waals surface area contributed by atoms with E-state index >= 15 is 0 Å². The summed E-state index contributed by atoms with van der Waals surface area (Å²) in [5, 5.41) is 7.71. The van der Waals surface area contributed by atoms with Gasteiger partial charge in [0.15, 0.2) is 0 Å². The fourth-order valence-electron chi connectivity index (χ4n) is 3.58. The van der Waals surface area contributed by atoms with Crippen molar-refractivity contribution in [3.8, 4) is 0 Å². The summed E-state index contributed by atoms with van der Waals surface area (Å²) in [5.74, 6) is 0.0117. The summed E-state index contributed by atoms with van der Waals surface area (Å²) in [5.41, 5.74) is 6.09. The Morgan fingerprint density at radius 1 is 1.00 bits per heavy atom.